The zero-order chi connectivity index (χ0) is 24.7. The first-order valence-corrected chi connectivity index (χ1v) is 12.8. The van der Waals surface area contributed by atoms with E-state index in [1.807, 2.05) is 79.7 Å². The van der Waals surface area contributed by atoms with Crippen molar-refractivity contribution in [1.29, 1.82) is 0 Å². The molecule has 0 aliphatic carbocycles. The Balaban J connectivity index is 1.08. The highest BCUT2D eigenvalue weighted by Crippen LogP contribution is 2.25. The highest BCUT2D eigenvalue weighted by atomic mass is 16.5. The standard InChI is InChI=1S/C31H33N3O2/c1-23-13-14-28-29(32-23)11-6-12-30(28)36-20-19-34-17-15-24(16-18-34)21-25-7-5-8-26(22-25)31(35)33-27-9-3-2-4-10-27/h2-14,22,24H,15-21H2,1H3,(H,33,35). The van der Waals surface area contributed by atoms with Gasteiger partial charge in [-0.15, -0.1) is 0 Å². The van der Waals surface area contributed by atoms with E-state index < -0.39 is 0 Å². The van der Waals surface area contributed by atoms with Gasteiger partial charge in [0.15, 0.2) is 0 Å². The molecule has 4 aromatic rings. The predicted molar refractivity (Wildman–Crippen MR) is 146 cm³/mol. The Labute approximate surface area is 213 Å². The molecule has 5 rings (SSSR count). The third-order valence-corrected chi connectivity index (χ3v) is 6.95. The molecule has 5 heteroatoms. The first-order chi connectivity index (χ1) is 17.6. The van der Waals surface area contributed by atoms with Gasteiger partial charge in [-0.25, -0.2) is 0 Å². The van der Waals surface area contributed by atoms with Crippen LogP contribution < -0.4 is 10.1 Å². The van der Waals surface area contributed by atoms with Crippen LogP contribution in [0.5, 0.6) is 5.75 Å². The van der Waals surface area contributed by atoms with Gasteiger partial charge in [-0.2, -0.15) is 0 Å². The minimum Gasteiger partial charge on any atom is -0.492 e. The lowest BCUT2D eigenvalue weighted by Crippen LogP contribution is -2.37. The van der Waals surface area contributed by atoms with Gasteiger partial charge < -0.3 is 10.1 Å². The first-order valence-electron chi connectivity index (χ1n) is 12.8. The molecule has 184 valence electrons. The van der Waals surface area contributed by atoms with Crippen LogP contribution in [0.3, 0.4) is 0 Å². The maximum atomic E-state index is 12.7. The van der Waals surface area contributed by atoms with Crippen molar-refractivity contribution in [3.8, 4) is 5.75 Å². The third kappa shape index (κ3) is 6.10. The van der Waals surface area contributed by atoms with Gasteiger partial charge in [0.2, 0.25) is 0 Å². The van der Waals surface area contributed by atoms with E-state index in [0.717, 1.165) is 66.9 Å². The van der Waals surface area contributed by atoms with Crippen LogP contribution in [0.25, 0.3) is 10.9 Å². The molecule has 0 spiro atoms. The zero-order valence-electron chi connectivity index (χ0n) is 20.8. The topological polar surface area (TPSA) is 54.5 Å². The monoisotopic (exact) mass is 479 g/mol. The fourth-order valence-electron chi connectivity index (χ4n) is 4.95. The van der Waals surface area contributed by atoms with Crippen molar-refractivity contribution in [2.75, 3.05) is 31.6 Å². The number of anilines is 1. The second kappa shape index (κ2) is 11.4. The molecule has 1 N–H and O–H groups in total. The maximum Gasteiger partial charge on any atom is 0.255 e. The fraction of sp³-hybridized carbons (Fsp3) is 0.290. The van der Waals surface area contributed by atoms with Gasteiger partial charge in [0.05, 0.1) is 5.52 Å². The molecule has 0 bridgehead atoms. The summed E-state index contributed by atoms with van der Waals surface area (Å²) in [5, 5.41) is 4.05. The Bertz CT molecular complexity index is 1310. The molecule has 5 nitrogen and oxygen atoms in total. The van der Waals surface area contributed by atoms with Crippen molar-refractivity contribution in [2.24, 2.45) is 5.92 Å². The number of para-hydroxylation sites is 1. The van der Waals surface area contributed by atoms with Crippen LogP contribution in [0.15, 0.2) is 84.9 Å². The highest BCUT2D eigenvalue weighted by molar-refractivity contribution is 6.04. The zero-order valence-corrected chi connectivity index (χ0v) is 20.8. The average Bonchev–Trinajstić information content (AvgIpc) is 2.90. The number of rotatable bonds is 8. The molecule has 1 aromatic heterocycles. The van der Waals surface area contributed by atoms with Gasteiger partial charge >= 0.3 is 0 Å². The number of aryl methyl sites for hydroxylation is 1. The number of benzene rings is 3. The number of ether oxygens (including phenoxy) is 1. The average molecular weight is 480 g/mol. The summed E-state index contributed by atoms with van der Waals surface area (Å²) < 4.78 is 6.14. The largest absolute Gasteiger partial charge is 0.492 e. The third-order valence-electron chi connectivity index (χ3n) is 6.95. The number of aromatic nitrogens is 1. The number of likely N-dealkylation sites (tertiary alicyclic amines) is 1. The number of fused-ring (bicyclic) bond motifs is 1. The molecule has 0 radical (unpaired) electrons. The number of amides is 1. The van der Waals surface area contributed by atoms with E-state index >= 15 is 0 Å². The van der Waals surface area contributed by atoms with Crippen LogP contribution in [0.1, 0.15) is 34.5 Å². The lowest BCUT2D eigenvalue weighted by Gasteiger charge is -2.32. The van der Waals surface area contributed by atoms with Crippen molar-refractivity contribution in [3.63, 3.8) is 0 Å². The van der Waals surface area contributed by atoms with Gasteiger partial charge in [0, 0.05) is 28.9 Å². The lowest BCUT2D eigenvalue weighted by atomic mass is 9.89. The number of carbonyl (C=O) groups excluding carboxylic acids is 1. The van der Waals surface area contributed by atoms with Gasteiger partial charge in [-0.3, -0.25) is 14.7 Å². The van der Waals surface area contributed by atoms with Gasteiger partial charge in [0.1, 0.15) is 12.4 Å². The molecule has 3 aromatic carbocycles. The molecule has 36 heavy (non-hydrogen) atoms. The molecule has 1 saturated heterocycles. The van der Waals surface area contributed by atoms with E-state index in [1.54, 1.807) is 0 Å². The smallest absolute Gasteiger partial charge is 0.255 e. The van der Waals surface area contributed by atoms with Crippen molar-refractivity contribution < 1.29 is 9.53 Å². The fourth-order valence-corrected chi connectivity index (χ4v) is 4.95. The predicted octanol–water partition coefficient (Wildman–Crippen LogP) is 6.13. The summed E-state index contributed by atoms with van der Waals surface area (Å²) in [5.41, 5.74) is 4.76. The van der Waals surface area contributed by atoms with Crippen molar-refractivity contribution >= 4 is 22.5 Å². The van der Waals surface area contributed by atoms with E-state index in [0.29, 0.717) is 18.1 Å². The Morgan fingerprint density at radius 1 is 0.972 bits per heavy atom. The number of piperidine rings is 1. The van der Waals surface area contributed by atoms with Crippen molar-refractivity contribution in [2.45, 2.75) is 26.2 Å². The molecule has 0 saturated carbocycles. The number of nitrogens with zero attached hydrogens (tertiary/aromatic N) is 2. The molecule has 1 fully saturated rings. The summed E-state index contributed by atoms with van der Waals surface area (Å²) >= 11 is 0. The summed E-state index contributed by atoms with van der Waals surface area (Å²) in [7, 11) is 0. The van der Waals surface area contributed by atoms with E-state index in [9.17, 15) is 4.79 Å². The molecule has 0 unspecified atom stereocenters. The van der Waals surface area contributed by atoms with Crippen LogP contribution >= 0.6 is 0 Å². The molecular weight excluding hydrogens is 446 g/mol. The van der Waals surface area contributed by atoms with Gasteiger partial charge in [-0.05, 0) is 99.3 Å². The minimum atomic E-state index is -0.0602. The minimum absolute atomic E-state index is 0.0602. The highest BCUT2D eigenvalue weighted by Gasteiger charge is 2.20. The van der Waals surface area contributed by atoms with Crippen LogP contribution in [-0.4, -0.2) is 42.0 Å². The van der Waals surface area contributed by atoms with E-state index in [4.69, 9.17) is 4.74 Å². The number of hydrogen-bond acceptors (Lipinski definition) is 4. The van der Waals surface area contributed by atoms with Crippen LogP contribution in [0.4, 0.5) is 5.69 Å². The normalized spacial score (nSPS) is 14.6. The molecular formula is C31H33N3O2. The van der Waals surface area contributed by atoms with Gasteiger partial charge in [-0.1, -0.05) is 36.4 Å². The summed E-state index contributed by atoms with van der Waals surface area (Å²) in [6, 6.07) is 27.9. The van der Waals surface area contributed by atoms with Crippen molar-refractivity contribution in [3.05, 3.63) is 102 Å². The summed E-state index contributed by atoms with van der Waals surface area (Å²) in [6.45, 7) is 5.78. The van der Waals surface area contributed by atoms with E-state index in [-0.39, 0.29) is 5.91 Å². The van der Waals surface area contributed by atoms with Crippen molar-refractivity contribution in [1.82, 2.24) is 9.88 Å². The lowest BCUT2D eigenvalue weighted by molar-refractivity contribution is 0.102. The molecule has 1 aliphatic heterocycles. The summed E-state index contributed by atoms with van der Waals surface area (Å²) in [6.07, 6.45) is 3.34. The van der Waals surface area contributed by atoms with Crippen LogP contribution in [0.2, 0.25) is 0 Å². The number of carbonyl (C=O) groups is 1. The number of hydrogen-bond donors (Lipinski definition) is 1. The Morgan fingerprint density at radius 3 is 2.61 bits per heavy atom. The van der Waals surface area contributed by atoms with E-state index in [1.165, 1.54) is 5.56 Å². The number of pyridine rings is 1. The maximum absolute atomic E-state index is 12.7. The second-order valence-electron chi connectivity index (χ2n) is 9.63. The molecule has 2 heterocycles. The van der Waals surface area contributed by atoms with E-state index in [2.05, 4.69) is 27.3 Å². The summed E-state index contributed by atoms with van der Waals surface area (Å²) in [4.78, 5) is 19.8. The molecule has 0 atom stereocenters. The molecule has 1 aliphatic rings. The van der Waals surface area contributed by atoms with Crippen LogP contribution in [-0.2, 0) is 6.42 Å². The molecule has 1 amide bonds. The second-order valence-corrected chi connectivity index (χ2v) is 9.63. The Kier molecular flexibility index (Phi) is 7.58. The Hall–Kier alpha value is -3.70. The number of nitrogens with one attached hydrogen (secondary N) is 1. The first kappa shape index (κ1) is 24.0. The Morgan fingerprint density at radius 2 is 1.78 bits per heavy atom. The quantitative estimate of drug-likeness (QED) is 0.330. The SMILES string of the molecule is Cc1ccc2c(OCCN3CCC(Cc4cccc(C(=O)Nc5ccccc5)c4)CC3)cccc2n1. The van der Waals surface area contributed by atoms with Gasteiger partial charge in [0.25, 0.3) is 5.91 Å². The van der Waals surface area contributed by atoms with Crippen LogP contribution in [0, 0.1) is 12.8 Å². The summed E-state index contributed by atoms with van der Waals surface area (Å²) in [5.74, 6) is 1.49.